The monoisotopic (exact) mass is 362 g/mol. The van der Waals surface area contributed by atoms with Gasteiger partial charge in [-0.1, -0.05) is 12.1 Å². The second kappa shape index (κ2) is 7.39. The number of carbonyl (C=O) groups is 1. The Kier molecular flexibility index (Phi) is 5.54. The molecular formula is C16H15BrN2OS. The zero-order valence-electron chi connectivity index (χ0n) is 11.7. The third kappa shape index (κ3) is 4.69. The van der Waals surface area contributed by atoms with Crippen molar-refractivity contribution >= 4 is 33.2 Å². The van der Waals surface area contributed by atoms with Crippen molar-refractivity contribution in [3.05, 3.63) is 56.2 Å². The van der Waals surface area contributed by atoms with E-state index in [2.05, 4.69) is 22.0 Å². The van der Waals surface area contributed by atoms with Crippen LogP contribution in [0.15, 0.2) is 40.2 Å². The molecule has 2 aromatic rings. The van der Waals surface area contributed by atoms with Crippen LogP contribution in [0.3, 0.4) is 0 Å². The number of hydrogen-bond donors (Lipinski definition) is 0. The van der Waals surface area contributed by atoms with Crippen LogP contribution in [0, 0.1) is 11.3 Å². The Morgan fingerprint density at radius 1 is 1.29 bits per heavy atom. The van der Waals surface area contributed by atoms with Crippen LogP contribution < -0.4 is 0 Å². The molecule has 0 aliphatic rings. The summed E-state index contributed by atoms with van der Waals surface area (Å²) in [5, 5.41) is 8.75. The van der Waals surface area contributed by atoms with E-state index in [-0.39, 0.29) is 5.91 Å². The number of aryl methyl sites for hydroxylation is 1. The van der Waals surface area contributed by atoms with Crippen molar-refractivity contribution in [1.29, 1.82) is 5.26 Å². The summed E-state index contributed by atoms with van der Waals surface area (Å²) >= 11 is 5.07. The third-order valence-corrected chi connectivity index (χ3v) is 4.77. The van der Waals surface area contributed by atoms with Crippen LogP contribution in [-0.2, 0) is 17.8 Å². The molecule has 1 aromatic carbocycles. The summed E-state index contributed by atoms with van der Waals surface area (Å²) in [5.74, 6) is 0.129. The number of amides is 1. The zero-order valence-corrected chi connectivity index (χ0v) is 14.1. The summed E-state index contributed by atoms with van der Waals surface area (Å²) in [6.45, 7) is 0.641. The Bertz CT molecular complexity index is 658. The third-order valence-electron chi connectivity index (χ3n) is 3.16. The first-order valence-corrected chi connectivity index (χ1v) is 8.16. The highest BCUT2D eigenvalue weighted by Crippen LogP contribution is 2.23. The van der Waals surface area contributed by atoms with E-state index < -0.39 is 0 Å². The molecule has 0 fully saturated rings. The van der Waals surface area contributed by atoms with Gasteiger partial charge in [0.05, 0.1) is 22.0 Å². The quantitative estimate of drug-likeness (QED) is 0.807. The predicted molar refractivity (Wildman–Crippen MR) is 88.0 cm³/mol. The summed E-state index contributed by atoms with van der Waals surface area (Å²) in [6.07, 6.45) is 1.18. The van der Waals surface area contributed by atoms with Crippen molar-refractivity contribution < 1.29 is 4.79 Å². The first-order valence-electron chi connectivity index (χ1n) is 6.55. The van der Waals surface area contributed by atoms with E-state index in [9.17, 15) is 4.79 Å². The van der Waals surface area contributed by atoms with E-state index in [1.54, 1.807) is 28.4 Å². The minimum Gasteiger partial charge on any atom is -0.341 e. The van der Waals surface area contributed by atoms with Crippen LogP contribution in [-0.4, -0.2) is 17.9 Å². The maximum absolute atomic E-state index is 12.1. The maximum atomic E-state index is 12.1. The van der Waals surface area contributed by atoms with Crippen LogP contribution in [0.4, 0.5) is 0 Å². The van der Waals surface area contributed by atoms with Crippen molar-refractivity contribution in [2.75, 3.05) is 7.05 Å². The lowest BCUT2D eigenvalue weighted by Crippen LogP contribution is -2.25. The predicted octanol–water partition coefficient (Wildman–Crippen LogP) is 3.97. The van der Waals surface area contributed by atoms with Gasteiger partial charge in [0.1, 0.15) is 0 Å². The molecule has 0 aliphatic carbocycles. The van der Waals surface area contributed by atoms with Crippen LogP contribution in [0.1, 0.15) is 22.4 Å². The van der Waals surface area contributed by atoms with Crippen LogP contribution in [0.5, 0.6) is 0 Å². The standard InChI is InChI=1S/C16H15BrN2OS/c1-19(11-14-7-8-15(17)21-14)16(20)9-6-12-2-4-13(10-18)5-3-12/h2-5,7-8H,6,9,11H2,1H3. The Labute approximate surface area is 136 Å². The molecule has 1 amide bonds. The zero-order chi connectivity index (χ0) is 15.2. The molecule has 5 heteroatoms. The molecule has 0 aliphatic heterocycles. The van der Waals surface area contributed by atoms with E-state index >= 15 is 0 Å². The van der Waals surface area contributed by atoms with Gasteiger partial charge in [-0.3, -0.25) is 4.79 Å². The number of thiophene rings is 1. The Balaban J connectivity index is 1.84. The van der Waals surface area contributed by atoms with E-state index in [0.29, 0.717) is 24.9 Å². The molecule has 0 unspecified atom stereocenters. The largest absolute Gasteiger partial charge is 0.341 e. The molecule has 21 heavy (non-hydrogen) atoms. The number of nitriles is 1. The number of halogens is 1. The first kappa shape index (κ1) is 15.7. The molecule has 0 N–H and O–H groups in total. The fourth-order valence-electron chi connectivity index (χ4n) is 1.95. The van der Waals surface area contributed by atoms with Crippen molar-refractivity contribution in [1.82, 2.24) is 4.90 Å². The van der Waals surface area contributed by atoms with Crippen LogP contribution in [0.25, 0.3) is 0 Å². The molecule has 0 spiro atoms. The molecule has 0 radical (unpaired) electrons. The molecule has 1 heterocycles. The SMILES string of the molecule is CN(Cc1ccc(Br)s1)C(=O)CCc1ccc(C#N)cc1. The molecule has 0 saturated carbocycles. The van der Waals surface area contributed by atoms with Crippen LogP contribution in [0.2, 0.25) is 0 Å². The maximum Gasteiger partial charge on any atom is 0.222 e. The molecular weight excluding hydrogens is 348 g/mol. The fourth-order valence-corrected chi connectivity index (χ4v) is 3.48. The molecule has 2 rings (SSSR count). The average Bonchev–Trinajstić information content (AvgIpc) is 2.90. The summed E-state index contributed by atoms with van der Waals surface area (Å²) in [6, 6.07) is 13.5. The van der Waals surface area contributed by atoms with Crippen molar-refractivity contribution in [3.8, 4) is 6.07 Å². The molecule has 0 atom stereocenters. The van der Waals surface area contributed by atoms with Gasteiger partial charge in [0.25, 0.3) is 0 Å². The lowest BCUT2D eigenvalue weighted by molar-refractivity contribution is -0.130. The number of hydrogen-bond acceptors (Lipinski definition) is 3. The van der Waals surface area contributed by atoms with E-state index in [4.69, 9.17) is 5.26 Å². The highest BCUT2D eigenvalue weighted by molar-refractivity contribution is 9.11. The van der Waals surface area contributed by atoms with E-state index in [0.717, 1.165) is 14.2 Å². The van der Waals surface area contributed by atoms with Gasteiger partial charge in [0.2, 0.25) is 5.91 Å². The van der Waals surface area contributed by atoms with Gasteiger partial charge in [-0.25, -0.2) is 0 Å². The Morgan fingerprint density at radius 3 is 2.57 bits per heavy atom. The number of rotatable bonds is 5. The van der Waals surface area contributed by atoms with Gasteiger partial charge in [0, 0.05) is 18.3 Å². The topological polar surface area (TPSA) is 44.1 Å². The van der Waals surface area contributed by atoms with Crippen molar-refractivity contribution in [2.24, 2.45) is 0 Å². The number of carbonyl (C=O) groups excluding carboxylic acids is 1. The minimum atomic E-state index is 0.129. The second-order valence-corrected chi connectivity index (χ2v) is 7.31. The van der Waals surface area contributed by atoms with Crippen molar-refractivity contribution in [2.45, 2.75) is 19.4 Å². The molecule has 1 aromatic heterocycles. The van der Waals surface area contributed by atoms with Gasteiger partial charge in [-0.2, -0.15) is 5.26 Å². The van der Waals surface area contributed by atoms with Gasteiger partial charge >= 0.3 is 0 Å². The lowest BCUT2D eigenvalue weighted by atomic mass is 10.1. The number of nitrogens with zero attached hydrogens (tertiary/aromatic N) is 2. The van der Waals surface area contributed by atoms with E-state index in [1.807, 2.05) is 31.3 Å². The van der Waals surface area contributed by atoms with Gasteiger partial charge in [0.15, 0.2) is 0 Å². The van der Waals surface area contributed by atoms with Gasteiger partial charge in [-0.15, -0.1) is 11.3 Å². The van der Waals surface area contributed by atoms with Crippen LogP contribution >= 0.6 is 27.3 Å². The van der Waals surface area contributed by atoms with Gasteiger partial charge in [-0.05, 0) is 52.2 Å². The average molecular weight is 363 g/mol. The minimum absolute atomic E-state index is 0.129. The summed E-state index contributed by atoms with van der Waals surface area (Å²) in [4.78, 5) is 15.0. The summed E-state index contributed by atoms with van der Waals surface area (Å²) in [5.41, 5.74) is 1.72. The smallest absolute Gasteiger partial charge is 0.222 e. The first-order chi connectivity index (χ1) is 10.1. The molecule has 0 bridgehead atoms. The highest BCUT2D eigenvalue weighted by Gasteiger charge is 2.10. The number of benzene rings is 1. The Hall–Kier alpha value is -1.64. The van der Waals surface area contributed by atoms with Gasteiger partial charge < -0.3 is 4.90 Å². The van der Waals surface area contributed by atoms with Crippen molar-refractivity contribution in [3.63, 3.8) is 0 Å². The molecule has 108 valence electrons. The molecule has 3 nitrogen and oxygen atoms in total. The fraction of sp³-hybridized carbons (Fsp3) is 0.250. The lowest BCUT2D eigenvalue weighted by Gasteiger charge is -2.16. The Morgan fingerprint density at radius 2 is 2.00 bits per heavy atom. The summed E-state index contributed by atoms with van der Waals surface area (Å²) in [7, 11) is 1.83. The molecule has 0 saturated heterocycles. The highest BCUT2D eigenvalue weighted by atomic mass is 79.9. The van der Waals surface area contributed by atoms with E-state index in [1.165, 1.54) is 0 Å². The summed E-state index contributed by atoms with van der Waals surface area (Å²) < 4.78 is 1.08. The second-order valence-electron chi connectivity index (χ2n) is 4.76. The normalized spacial score (nSPS) is 10.1.